The van der Waals surface area contributed by atoms with Crippen LogP contribution in [0.4, 0.5) is 0 Å². The van der Waals surface area contributed by atoms with Crippen LogP contribution in [-0.2, 0) is 0 Å². The van der Waals surface area contributed by atoms with Crippen molar-refractivity contribution in [2.24, 2.45) is 0 Å². The van der Waals surface area contributed by atoms with Crippen LogP contribution in [0.15, 0.2) is 22.1 Å². The fourth-order valence-electron chi connectivity index (χ4n) is 0.905. The third-order valence-corrected chi connectivity index (χ3v) is 2.24. The van der Waals surface area contributed by atoms with Gasteiger partial charge in [-0.1, -0.05) is 28.1 Å². The number of hydrogen-bond acceptors (Lipinski definition) is 2. The molecule has 0 aliphatic heterocycles. The van der Waals surface area contributed by atoms with E-state index in [0.717, 1.165) is 17.3 Å². The topological polar surface area (TPSA) is 40.5 Å². The average molecular weight is 203 g/mol. The second kappa shape index (κ2) is 3.37. The predicted molar refractivity (Wildman–Crippen MR) is 44.5 cm³/mol. The molecule has 1 rings (SSSR count). The van der Waals surface area contributed by atoms with Crippen LogP contribution in [0, 0.1) is 0 Å². The highest BCUT2D eigenvalue weighted by Gasteiger charge is 2.18. The monoisotopic (exact) mass is 202 g/mol. The molecule has 2 nitrogen and oxygen atoms in total. The van der Waals surface area contributed by atoms with Crippen molar-refractivity contribution in [1.82, 2.24) is 0 Å². The minimum Gasteiger partial charge on any atom is -0.423 e. The lowest BCUT2D eigenvalue weighted by atomic mass is 9.75. The first-order chi connectivity index (χ1) is 4.72. The molecule has 0 unspecified atom stereocenters. The van der Waals surface area contributed by atoms with Crippen molar-refractivity contribution in [2.75, 3.05) is 0 Å². The Hall–Kier alpha value is -0.0551. The highest BCUT2D eigenvalue weighted by atomic mass is 79.9. The van der Waals surface area contributed by atoms with E-state index in [0.29, 0.717) is 5.47 Å². The normalized spacial score (nSPS) is 17.9. The fourth-order valence-corrected chi connectivity index (χ4v) is 1.49. The summed E-state index contributed by atoms with van der Waals surface area (Å²) in [5, 5.41) is 17.6. The number of halogens is 1. The molecular formula is C6H8BBrO2. The lowest BCUT2D eigenvalue weighted by Crippen LogP contribution is -2.17. The van der Waals surface area contributed by atoms with E-state index >= 15 is 0 Å². The molecule has 0 radical (unpaired) electrons. The molecule has 0 fully saturated rings. The second-order valence-corrected chi connectivity index (χ2v) is 3.04. The van der Waals surface area contributed by atoms with Gasteiger partial charge in [0.05, 0.1) is 0 Å². The minimum absolute atomic E-state index is 0.669. The zero-order valence-electron chi connectivity index (χ0n) is 5.42. The summed E-state index contributed by atoms with van der Waals surface area (Å²) in [7, 11) is -1.31. The van der Waals surface area contributed by atoms with Crippen LogP contribution in [0.5, 0.6) is 0 Å². The Morgan fingerprint density at radius 3 is 2.60 bits per heavy atom. The molecular weight excluding hydrogens is 195 g/mol. The van der Waals surface area contributed by atoms with E-state index in [4.69, 9.17) is 10.0 Å². The lowest BCUT2D eigenvalue weighted by molar-refractivity contribution is 0.416. The summed E-state index contributed by atoms with van der Waals surface area (Å²) in [5.74, 6) is 0. The summed E-state index contributed by atoms with van der Waals surface area (Å²) in [4.78, 5) is 0. The molecule has 54 valence electrons. The number of allylic oxidation sites excluding steroid dienone is 4. The molecule has 2 N–H and O–H groups in total. The Morgan fingerprint density at radius 1 is 1.50 bits per heavy atom. The molecule has 0 heterocycles. The van der Waals surface area contributed by atoms with E-state index in [2.05, 4.69) is 15.9 Å². The van der Waals surface area contributed by atoms with Crippen molar-refractivity contribution in [3.8, 4) is 0 Å². The molecule has 1 aliphatic carbocycles. The van der Waals surface area contributed by atoms with E-state index in [9.17, 15) is 0 Å². The third-order valence-electron chi connectivity index (χ3n) is 1.46. The molecule has 10 heavy (non-hydrogen) atoms. The average Bonchev–Trinajstić information content (AvgIpc) is 1.88. The number of hydrogen-bond donors (Lipinski definition) is 2. The van der Waals surface area contributed by atoms with Crippen molar-refractivity contribution >= 4 is 23.0 Å². The summed E-state index contributed by atoms with van der Waals surface area (Å²) >= 11 is 3.23. The Bertz CT molecular complexity index is 186. The third kappa shape index (κ3) is 1.72. The standard InChI is InChI=1S/C6H8BBrO2/c8-6-4-2-1-3-5(6)7(9)10/h2,4,9-10H,1,3H2. The van der Waals surface area contributed by atoms with E-state index in [-0.39, 0.29) is 0 Å². The van der Waals surface area contributed by atoms with Gasteiger partial charge in [-0.2, -0.15) is 0 Å². The molecule has 0 atom stereocenters. The minimum atomic E-state index is -1.31. The quantitative estimate of drug-likeness (QED) is 0.623. The summed E-state index contributed by atoms with van der Waals surface area (Å²) in [6, 6.07) is 0. The van der Waals surface area contributed by atoms with Gasteiger partial charge in [-0.3, -0.25) is 0 Å². The van der Waals surface area contributed by atoms with Crippen molar-refractivity contribution in [3.63, 3.8) is 0 Å². The summed E-state index contributed by atoms with van der Waals surface area (Å²) in [6.45, 7) is 0. The SMILES string of the molecule is OB(O)C1=C(Br)C=CCC1. The fraction of sp³-hybridized carbons (Fsp3) is 0.333. The molecule has 0 aromatic heterocycles. The van der Waals surface area contributed by atoms with Gasteiger partial charge in [0, 0.05) is 4.48 Å². The van der Waals surface area contributed by atoms with E-state index in [1.54, 1.807) is 0 Å². The van der Waals surface area contributed by atoms with Gasteiger partial charge in [-0.25, -0.2) is 0 Å². The molecule has 0 bridgehead atoms. The Balaban J connectivity index is 2.79. The first-order valence-corrected chi connectivity index (χ1v) is 3.92. The Kier molecular flexibility index (Phi) is 2.71. The molecule has 4 heteroatoms. The molecule has 0 aromatic rings. The molecule has 0 aromatic carbocycles. The van der Waals surface area contributed by atoms with Crippen LogP contribution < -0.4 is 0 Å². The maximum Gasteiger partial charge on any atom is 0.485 e. The Labute approximate surface area is 68.5 Å². The van der Waals surface area contributed by atoms with Crippen LogP contribution in [0.25, 0.3) is 0 Å². The van der Waals surface area contributed by atoms with Crippen molar-refractivity contribution in [1.29, 1.82) is 0 Å². The van der Waals surface area contributed by atoms with Crippen LogP contribution in [0.3, 0.4) is 0 Å². The van der Waals surface area contributed by atoms with Crippen LogP contribution in [0.2, 0.25) is 0 Å². The zero-order valence-corrected chi connectivity index (χ0v) is 7.00. The molecule has 0 saturated carbocycles. The maximum absolute atomic E-state index is 8.78. The molecule has 0 saturated heterocycles. The van der Waals surface area contributed by atoms with Crippen molar-refractivity contribution in [2.45, 2.75) is 12.8 Å². The molecule has 1 aliphatic rings. The smallest absolute Gasteiger partial charge is 0.423 e. The van der Waals surface area contributed by atoms with E-state index in [1.807, 2.05) is 12.2 Å². The van der Waals surface area contributed by atoms with Gasteiger partial charge in [-0.05, 0) is 18.3 Å². The Morgan fingerprint density at radius 2 is 2.20 bits per heavy atom. The van der Waals surface area contributed by atoms with Crippen LogP contribution >= 0.6 is 15.9 Å². The highest BCUT2D eigenvalue weighted by Crippen LogP contribution is 2.23. The number of rotatable bonds is 1. The molecule has 0 spiro atoms. The maximum atomic E-state index is 8.78. The summed E-state index contributed by atoms with van der Waals surface area (Å²) in [5.41, 5.74) is 0.669. The second-order valence-electron chi connectivity index (χ2n) is 2.19. The van der Waals surface area contributed by atoms with Gasteiger partial charge in [-0.15, -0.1) is 0 Å². The van der Waals surface area contributed by atoms with E-state index < -0.39 is 7.12 Å². The van der Waals surface area contributed by atoms with Gasteiger partial charge in [0.25, 0.3) is 0 Å². The van der Waals surface area contributed by atoms with Gasteiger partial charge in [0.2, 0.25) is 0 Å². The molecule has 0 amide bonds. The predicted octanol–water partition coefficient (Wildman–Crippen LogP) is 0.997. The lowest BCUT2D eigenvalue weighted by Gasteiger charge is -2.09. The van der Waals surface area contributed by atoms with Gasteiger partial charge < -0.3 is 10.0 Å². The zero-order chi connectivity index (χ0) is 7.56. The summed E-state index contributed by atoms with van der Waals surface area (Å²) in [6.07, 6.45) is 5.46. The van der Waals surface area contributed by atoms with E-state index in [1.165, 1.54) is 0 Å². The van der Waals surface area contributed by atoms with Gasteiger partial charge in [0.1, 0.15) is 0 Å². The van der Waals surface area contributed by atoms with Crippen LogP contribution in [-0.4, -0.2) is 17.2 Å². The first kappa shape index (κ1) is 8.05. The highest BCUT2D eigenvalue weighted by molar-refractivity contribution is 9.12. The largest absolute Gasteiger partial charge is 0.485 e. The van der Waals surface area contributed by atoms with Crippen molar-refractivity contribution in [3.05, 3.63) is 22.1 Å². The van der Waals surface area contributed by atoms with Crippen LogP contribution in [0.1, 0.15) is 12.8 Å². The van der Waals surface area contributed by atoms with Gasteiger partial charge in [0.15, 0.2) is 0 Å². The summed E-state index contributed by atoms with van der Waals surface area (Å²) < 4.78 is 0.800. The van der Waals surface area contributed by atoms with Gasteiger partial charge >= 0.3 is 7.12 Å². The first-order valence-electron chi connectivity index (χ1n) is 3.13. The van der Waals surface area contributed by atoms with Crippen molar-refractivity contribution < 1.29 is 10.0 Å².